The molecule has 2 N–H and O–H groups in total. The molecule has 0 radical (unpaired) electrons. The Balaban J connectivity index is 1.92. The molecule has 0 amide bonds. The molecule has 1 aliphatic heterocycles. The van der Waals surface area contributed by atoms with Crippen molar-refractivity contribution in [3.63, 3.8) is 0 Å². The maximum atomic E-state index is 13.2. The first-order valence-corrected chi connectivity index (χ1v) is 10.3. The van der Waals surface area contributed by atoms with Gasteiger partial charge in [-0.2, -0.15) is 0 Å². The number of benzene rings is 2. The number of nitrogen functional groups attached to an aromatic ring is 1. The van der Waals surface area contributed by atoms with Crippen molar-refractivity contribution in [1.82, 2.24) is 0 Å². The fourth-order valence-electron chi connectivity index (χ4n) is 3.48. The Kier molecular flexibility index (Phi) is 3.91. The number of nitrogens with zero attached hydrogens (tertiary/aromatic N) is 1. The highest BCUT2D eigenvalue weighted by Gasteiger charge is 2.25. The summed E-state index contributed by atoms with van der Waals surface area (Å²) in [6.07, 6.45) is 3.72. The maximum absolute atomic E-state index is 13.2. The van der Waals surface area contributed by atoms with E-state index in [-0.39, 0.29) is 5.82 Å². The van der Waals surface area contributed by atoms with Gasteiger partial charge in [0.05, 0.1) is 17.6 Å². The van der Waals surface area contributed by atoms with Crippen molar-refractivity contribution in [1.29, 1.82) is 0 Å². The maximum Gasteiger partial charge on any atom is 0.232 e. The van der Waals surface area contributed by atoms with Crippen LogP contribution >= 0.6 is 0 Å². The van der Waals surface area contributed by atoms with E-state index in [0.29, 0.717) is 34.8 Å². The quantitative estimate of drug-likeness (QED) is 0.737. The van der Waals surface area contributed by atoms with Gasteiger partial charge >= 0.3 is 0 Å². The predicted molar refractivity (Wildman–Crippen MR) is 101 cm³/mol. The second-order valence-electron chi connectivity index (χ2n) is 6.62. The van der Waals surface area contributed by atoms with Gasteiger partial charge in [0, 0.05) is 23.6 Å². The van der Waals surface area contributed by atoms with E-state index in [1.165, 1.54) is 22.7 Å². The van der Waals surface area contributed by atoms with Crippen LogP contribution in [0.1, 0.15) is 18.4 Å². The van der Waals surface area contributed by atoms with E-state index >= 15 is 0 Å². The molecule has 0 saturated heterocycles. The molecule has 1 aliphatic rings. The molecule has 0 fully saturated rings. The number of hydrogen-bond acceptors (Lipinski definition) is 4. The molecule has 3 aromatic rings. The van der Waals surface area contributed by atoms with Gasteiger partial charge in [-0.1, -0.05) is 0 Å². The number of nitrogens with two attached hydrogens (primary N) is 1. The Bertz CT molecular complexity index is 1090. The van der Waals surface area contributed by atoms with Gasteiger partial charge in [-0.05, 0) is 55.2 Å². The van der Waals surface area contributed by atoms with Crippen LogP contribution in [0.5, 0.6) is 0 Å². The summed E-state index contributed by atoms with van der Waals surface area (Å²) < 4.78 is 44.9. The molecule has 0 unspecified atom stereocenters. The lowest BCUT2D eigenvalue weighted by Crippen LogP contribution is -2.30. The SMILES string of the molecule is CS(=O)(=O)N1CCCCc2cc3c(N)c(-c4ccc(F)cc4)oc3cc21. The molecule has 7 heteroatoms. The number of hydrogen-bond donors (Lipinski definition) is 1. The third-order valence-electron chi connectivity index (χ3n) is 4.76. The van der Waals surface area contributed by atoms with Gasteiger partial charge in [-0.3, -0.25) is 4.31 Å². The number of halogens is 1. The summed E-state index contributed by atoms with van der Waals surface area (Å²) in [5, 5.41) is 0.749. The predicted octanol–water partition coefficient (Wildman–Crippen LogP) is 3.92. The first-order valence-electron chi connectivity index (χ1n) is 8.43. The van der Waals surface area contributed by atoms with Gasteiger partial charge in [0.15, 0.2) is 5.76 Å². The molecule has 4 rings (SSSR count). The summed E-state index contributed by atoms with van der Waals surface area (Å²) in [5.41, 5.74) is 9.55. The molecule has 26 heavy (non-hydrogen) atoms. The third kappa shape index (κ3) is 2.82. The van der Waals surface area contributed by atoms with E-state index in [0.717, 1.165) is 30.2 Å². The summed E-state index contributed by atoms with van der Waals surface area (Å²) in [5.74, 6) is 0.130. The lowest BCUT2D eigenvalue weighted by molar-refractivity contribution is 0.595. The summed E-state index contributed by atoms with van der Waals surface area (Å²) in [4.78, 5) is 0. The molecule has 0 saturated carbocycles. The van der Waals surface area contributed by atoms with Crippen LogP contribution in [-0.4, -0.2) is 21.2 Å². The van der Waals surface area contributed by atoms with Crippen molar-refractivity contribution in [2.45, 2.75) is 19.3 Å². The highest BCUT2D eigenvalue weighted by atomic mass is 32.2. The fourth-order valence-corrected chi connectivity index (χ4v) is 4.47. The van der Waals surface area contributed by atoms with Crippen LogP contribution in [-0.2, 0) is 16.4 Å². The lowest BCUT2D eigenvalue weighted by Gasteiger charge is -2.22. The minimum atomic E-state index is -3.37. The molecular weight excluding hydrogens is 355 g/mol. The van der Waals surface area contributed by atoms with Crippen molar-refractivity contribution in [3.8, 4) is 11.3 Å². The Morgan fingerprint density at radius 1 is 1.15 bits per heavy atom. The number of sulfonamides is 1. The van der Waals surface area contributed by atoms with Crippen molar-refractivity contribution < 1.29 is 17.2 Å². The zero-order valence-corrected chi connectivity index (χ0v) is 15.1. The number of aryl methyl sites for hydroxylation is 1. The number of fused-ring (bicyclic) bond motifs is 2. The van der Waals surface area contributed by atoms with Crippen molar-refractivity contribution in [3.05, 3.63) is 47.8 Å². The Morgan fingerprint density at radius 2 is 1.88 bits per heavy atom. The molecular formula is C19H19FN2O3S. The van der Waals surface area contributed by atoms with E-state index in [1.54, 1.807) is 18.2 Å². The Hall–Kier alpha value is -2.54. The smallest absolute Gasteiger partial charge is 0.232 e. The highest BCUT2D eigenvalue weighted by Crippen LogP contribution is 2.40. The average molecular weight is 374 g/mol. The molecule has 0 spiro atoms. The summed E-state index contributed by atoms with van der Waals surface area (Å²) >= 11 is 0. The van der Waals surface area contributed by atoms with Crippen molar-refractivity contribution >= 4 is 32.4 Å². The molecule has 2 aromatic carbocycles. The zero-order chi connectivity index (χ0) is 18.5. The van der Waals surface area contributed by atoms with Gasteiger partial charge in [0.25, 0.3) is 0 Å². The second kappa shape index (κ2) is 6.02. The van der Waals surface area contributed by atoms with Gasteiger partial charge in [-0.15, -0.1) is 0 Å². The average Bonchev–Trinajstić information content (AvgIpc) is 2.77. The normalized spacial score (nSPS) is 15.1. The molecule has 1 aromatic heterocycles. The number of furan rings is 1. The first kappa shape index (κ1) is 16.9. The summed E-state index contributed by atoms with van der Waals surface area (Å²) in [6, 6.07) is 9.58. The van der Waals surface area contributed by atoms with Crippen LogP contribution in [0.2, 0.25) is 0 Å². The Morgan fingerprint density at radius 3 is 2.58 bits per heavy atom. The first-order chi connectivity index (χ1) is 12.3. The number of rotatable bonds is 2. The molecule has 0 bridgehead atoms. The van der Waals surface area contributed by atoms with Crippen LogP contribution < -0.4 is 10.0 Å². The van der Waals surface area contributed by atoms with E-state index in [9.17, 15) is 12.8 Å². The fraction of sp³-hybridized carbons (Fsp3) is 0.263. The standard InChI is InChI=1S/C19H19FN2O3S/c1-26(23,24)22-9-3-2-4-13-10-15-17(11-16(13)22)25-19(18(15)21)12-5-7-14(20)8-6-12/h5-8,10-11H,2-4,9,21H2,1H3. The molecule has 2 heterocycles. The Labute approximate surface area is 151 Å². The molecule has 136 valence electrons. The van der Waals surface area contributed by atoms with E-state index in [1.807, 2.05) is 6.07 Å². The minimum Gasteiger partial charge on any atom is -0.454 e. The summed E-state index contributed by atoms with van der Waals surface area (Å²) in [7, 11) is -3.37. The number of anilines is 2. The van der Waals surface area contributed by atoms with Crippen molar-refractivity contribution in [2.24, 2.45) is 0 Å². The molecule has 5 nitrogen and oxygen atoms in total. The topological polar surface area (TPSA) is 76.5 Å². The summed E-state index contributed by atoms with van der Waals surface area (Å²) in [6.45, 7) is 0.457. The van der Waals surface area contributed by atoms with Crippen LogP contribution in [0.15, 0.2) is 40.8 Å². The monoisotopic (exact) mass is 374 g/mol. The van der Waals surface area contributed by atoms with E-state index in [2.05, 4.69) is 0 Å². The van der Waals surface area contributed by atoms with E-state index < -0.39 is 10.0 Å². The van der Waals surface area contributed by atoms with Crippen LogP contribution in [0.3, 0.4) is 0 Å². The lowest BCUT2D eigenvalue weighted by atomic mass is 10.0. The second-order valence-corrected chi connectivity index (χ2v) is 8.53. The molecule has 0 atom stereocenters. The minimum absolute atomic E-state index is 0.334. The largest absolute Gasteiger partial charge is 0.454 e. The van der Waals surface area contributed by atoms with Crippen molar-refractivity contribution in [2.75, 3.05) is 22.8 Å². The van der Waals surface area contributed by atoms with Crippen LogP contribution in [0, 0.1) is 5.82 Å². The third-order valence-corrected chi connectivity index (χ3v) is 5.94. The zero-order valence-electron chi connectivity index (χ0n) is 14.3. The van der Waals surface area contributed by atoms with Crippen LogP contribution in [0.4, 0.5) is 15.8 Å². The van der Waals surface area contributed by atoms with Crippen LogP contribution in [0.25, 0.3) is 22.3 Å². The van der Waals surface area contributed by atoms with Gasteiger partial charge in [0.1, 0.15) is 11.4 Å². The molecule has 0 aliphatic carbocycles. The highest BCUT2D eigenvalue weighted by molar-refractivity contribution is 7.92. The van der Waals surface area contributed by atoms with Gasteiger partial charge in [0.2, 0.25) is 10.0 Å². The van der Waals surface area contributed by atoms with Gasteiger partial charge in [-0.25, -0.2) is 12.8 Å². The van der Waals surface area contributed by atoms with E-state index in [4.69, 9.17) is 10.2 Å². The van der Waals surface area contributed by atoms with Gasteiger partial charge < -0.3 is 10.2 Å².